The zero-order valence-electron chi connectivity index (χ0n) is 9.01. The second-order valence-electron chi connectivity index (χ2n) is 4.76. The van der Waals surface area contributed by atoms with Crippen LogP contribution < -0.4 is 0 Å². The lowest BCUT2D eigenvalue weighted by molar-refractivity contribution is -0.151. The van der Waals surface area contributed by atoms with E-state index < -0.39 is 17.2 Å². The summed E-state index contributed by atoms with van der Waals surface area (Å²) in [6, 6.07) is 0. The number of carbonyl (C=O) groups is 1. The number of piperidine rings is 1. The van der Waals surface area contributed by atoms with Gasteiger partial charge in [0.25, 0.3) is 0 Å². The van der Waals surface area contributed by atoms with Gasteiger partial charge in [-0.05, 0) is 33.6 Å². The molecule has 1 N–H and O–H groups in total. The summed E-state index contributed by atoms with van der Waals surface area (Å²) in [6.45, 7) is 5.95. The number of hydrogen-bond acceptors (Lipinski definition) is 2. The van der Waals surface area contributed by atoms with Gasteiger partial charge < -0.3 is 5.11 Å². The van der Waals surface area contributed by atoms with Crippen LogP contribution >= 0.6 is 0 Å². The molecular weight excluding hydrogens is 185 g/mol. The Morgan fingerprint density at radius 1 is 1.43 bits per heavy atom. The molecular formula is C10H18FNO2. The van der Waals surface area contributed by atoms with E-state index >= 15 is 0 Å². The molecule has 0 unspecified atom stereocenters. The molecule has 1 heterocycles. The highest BCUT2D eigenvalue weighted by Gasteiger charge is 2.39. The van der Waals surface area contributed by atoms with Crippen molar-refractivity contribution in [3.8, 4) is 0 Å². The zero-order valence-corrected chi connectivity index (χ0v) is 9.01. The predicted octanol–water partition coefficient (Wildman–Crippen LogP) is 1.67. The number of hydrogen-bond donors (Lipinski definition) is 1. The first-order valence-corrected chi connectivity index (χ1v) is 4.93. The van der Waals surface area contributed by atoms with Crippen LogP contribution in [-0.2, 0) is 4.79 Å². The first kappa shape index (κ1) is 11.4. The van der Waals surface area contributed by atoms with Crippen molar-refractivity contribution in [2.75, 3.05) is 13.1 Å². The molecule has 0 amide bonds. The Kier molecular flexibility index (Phi) is 2.86. The van der Waals surface area contributed by atoms with E-state index in [1.54, 1.807) is 20.8 Å². The fourth-order valence-electron chi connectivity index (χ4n) is 1.67. The third kappa shape index (κ3) is 2.23. The molecule has 0 bridgehead atoms. The third-order valence-electron chi connectivity index (χ3n) is 3.12. The largest absolute Gasteiger partial charge is 0.480 e. The molecule has 82 valence electrons. The first-order valence-electron chi connectivity index (χ1n) is 4.93. The van der Waals surface area contributed by atoms with Gasteiger partial charge in [0.05, 0.1) is 0 Å². The second kappa shape index (κ2) is 3.50. The van der Waals surface area contributed by atoms with Gasteiger partial charge in [-0.1, -0.05) is 0 Å². The number of carboxylic acids is 1. The minimum absolute atomic E-state index is 0.420. The lowest BCUT2D eigenvalue weighted by atomic mass is 9.91. The van der Waals surface area contributed by atoms with Crippen LogP contribution in [0.15, 0.2) is 0 Å². The van der Waals surface area contributed by atoms with Crippen molar-refractivity contribution in [3.63, 3.8) is 0 Å². The molecule has 0 atom stereocenters. The van der Waals surface area contributed by atoms with Crippen LogP contribution in [0.1, 0.15) is 33.6 Å². The number of likely N-dealkylation sites (tertiary alicyclic amines) is 1. The molecule has 1 saturated heterocycles. The van der Waals surface area contributed by atoms with Gasteiger partial charge in [-0.2, -0.15) is 0 Å². The second-order valence-corrected chi connectivity index (χ2v) is 4.76. The van der Waals surface area contributed by atoms with Crippen LogP contribution in [0, 0.1) is 0 Å². The van der Waals surface area contributed by atoms with Crippen LogP contribution in [0.25, 0.3) is 0 Å². The van der Waals surface area contributed by atoms with Crippen LogP contribution in [0.4, 0.5) is 4.39 Å². The quantitative estimate of drug-likeness (QED) is 0.742. The van der Waals surface area contributed by atoms with Gasteiger partial charge >= 0.3 is 5.97 Å². The highest BCUT2D eigenvalue weighted by atomic mass is 19.1. The number of aliphatic carboxylic acids is 1. The van der Waals surface area contributed by atoms with Gasteiger partial charge in [0.1, 0.15) is 11.2 Å². The van der Waals surface area contributed by atoms with Gasteiger partial charge in [0.2, 0.25) is 0 Å². The Bertz CT molecular complexity index is 228. The van der Waals surface area contributed by atoms with E-state index in [1.807, 2.05) is 4.90 Å². The van der Waals surface area contributed by atoms with E-state index in [9.17, 15) is 9.18 Å². The average Bonchev–Trinajstić information content (AvgIpc) is 2.03. The highest BCUT2D eigenvalue weighted by molar-refractivity contribution is 5.77. The summed E-state index contributed by atoms with van der Waals surface area (Å²) in [5, 5.41) is 8.99. The van der Waals surface area contributed by atoms with Crippen LogP contribution in [-0.4, -0.2) is 40.3 Å². The molecule has 1 aliphatic heterocycles. The van der Waals surface area contributed by atoms with Crippen molar-refractivity contribution in [1.29, 1.82) is 0 Å². The molecule has 4 heteroatoms. The molecule has 1 rings (SSSR count). The molecule has 3 nitrogen and oxygen atoms in total. The van der Waals surface area contributed by atoms with Gasteiger partial charge in [-0.3, -0.25) is 9.69 Å². The fraction of sp³-hybridized carbons (Fsp3) is 0.900. The van der Waals surface area contributed by atoms with Crippen molar-refractivity contribution in [2.45, 2.75) is 44.8 Å². The number of halogens is 1. The summed E-state index contributed by atoms with van der Waals surface area (Å²) in [4.78, 5) is 12.8. The van der Waals surface area contributed by atoms with E-state index in [0.29, 0.717) is 25.9 Å². The molecule has 0 spiro atoms. The maximum Gasteiger partial charge on any atom is 0.323 e. The molecule has 0 aromatic heterocycles. The average molecular weight is 203 g/mol. The number of rotatable bonds is 2. The summed E-state index contributed by atoms with van der Waals surface area (Å²) in [5.41, 5.74) is -2.00. The van der Waals surface area contributed by atoms with Gasteiger partial charge in [0.15, 0.2) is 0 Å². The highest BCUT2D eigenvalue weighted by Crippen LogP contribution is 2.29. The summed E-state index contributed by atoms with van der Waals surface area (Å²) >= 11 is 0. The van der Waals surface area contributed by atoms with E-state index in [0.717, 1.165) is 0 Å². The van der Waals surface area contributed by atoms with Gasteiger partial charge in [0, 0.05) is 13.1 Å². The fourth-order valence-corrected chi connectivity index (χ4v) is 1.67. The van der Waals surface area contributed by atoms with E-state index in [-0.39, 0.29) is 0 Å². The number of alkyl halides is 1. The molecule has 0 aromatic carbocycles. The molecule has 0 aliphatic carbocycles. The smallest absolute Gasteiger partial charge is 0.323 e. The standard InChI is InChI=1S/C10H18FNO2/c1-9(2,8(13)14)12-6-4-10(3,11)5-7-12/h4-7H2,1-3H3,(H,13,14). The topological polar surface area (TPSA) is 40.5 Å². The van der Waals surface area contributed by atoms with E-state index in [1.165, 1.54) is 0 Å². The van der Waals surface area contributed by atoms with Crippen LogP contribution in [0.2, 0.25) is 0 Å². The lowest BCUT2D eigenvalue weighted by Gasteiger charge is -2.41. The first-order chi connectivity index (χ1) is 6.26. The monoisotopic (exact) mass is 203 g/mol. The Hall–Kier alpha value is -0.640. The maximum atomic E-state index is 13.5. The van der Waals surface area contributed by atoms with Crippen molar-refractivity contribution in [1.82, 2.24) is 4.90 Å². The predicted molar refractivity (Wildman–Crippen MR) is 52.0 cm³/mol. The minimum Gasteiger partial charge on any atom is -0.480 e. The number of carboxylic acid groups (broad SMARTS) is 1. The molecule has 0 aromatic rings. The SMILES string of the molecule is CC1(F)CCN(C(C)(C)C(=O)O)CC1. The molecule has 0 saturated carbocycles. The summed E-state index contributed by atoms with van der Waals surface area (Å²) in [7, 11) is 0. The van der Waals surface area contributed by atoms with Crippen LogP contribution in [0.3, 0.4) is 0 Å². The van der Waals surface area contributed by atoms with Gasteiger partial charge in [-0.15, -0.1) is 0 Å². The third-order valence-corrected chi connectivity index (χ3v) is 3.12. The molecule has 1 aliphatic rings. The van der Waals surface area contributed by atoms with E-state index in [2.05, 4.69) is 0 Å². The van der Waals surface area contributed by atoms with Crippen molar-refractivity contribution >= 4 is 5.97 Å². The minimum atomic E-state index is -1.12. The molecule has 0 radical (unpaired) electrons. The zero-order chi connectivity index (χ0) is 11.0. The summed E-state index contributed by atoms with van der Waals surface area (Å²) in [6.07, 6.45) is 0.841. The Morgan fingerprint density at radius 2 is 1.86 bits per heavy atom. The lowest BCUT2D eigenvalue weighted by Crippen LogP contribution is -2.54. The van der Waals surface area contributed by atoms with Crippen molar-refractivity contribution in [2.24, 2.45) is 0 Å². The van der Waals surface area contributed by atoms with Gasteiger partial charge in [-0.25, -0.2) is 4.39 Å². The van der Waals surface area contributed by atoms with Crippen LogP contribution in [0.5, 0.6) is 0 Å². The van der Waals surface area contributed by atoms with E-state index in [4.69, 9.17) is 5.11 Å². The maximum absolute atomic E-state index is 13.5. The van der Waals surface area contributed by atoms with Crippen molar-refractivity contribution < 1.29 is 14.3 Å². The molecule has 1 fully saturated rings. The Balaban J connectivity index is 2.62. The Morgan fingerprint density at radius 3 is 2.21 bits per heavy atom. The molecule has 14 heavy (non-hydrogen) atoms. The summed E-state index contributed by atoms with van der Waals surface area (Å²) in [5.74, 6) is -0.847. The number of nitrogens with zero attached hydrogens (tertiary/aromatic N) is 1. The normalized spacial score (nSPS) is 23.4. The Labute approximate surface area is 83.9 Å². The summed E-state index contributed by atoms with van der Waals surface area (Å²) < 4.78 is 13.5. The van der Waals surface area contributed by atoms with Crippen molar-refractivity contribution in [3.05, 3.63) is 0 Å².